The lowest BCUT2D eigenvalue weighted by molar-refractivity contribution is 0.0116. The number of rotatable bonds is 7. The first-order chi connectivity index (χ1) is 8.45. The summed E-state index contributed by atoms with van der Waals surface area (Å²) in [4.78, 5) is 4.02. The lowest BCUT2D eigenvalue weighted by atomic mass is 10.1. The Bertz CT molecular complexity index is 281. The smallest absolute Gasteiger partial charge is 0.0945 e. The van der Waals surface area contributed by atoms with Gasteiger partial charge in [0.2, 0.25) is 0 Å². The first kappa shape index (κ1) is 12.6. The van der Waals surface area contributed by atoms with Crippen LogP contribution in [0.4, 0.5) is 0 Å². The average Bonchev–Trinajstić information content (AvgIpc) is 2.88. The van der Waals surface area contributed by atoms with Gasteiger partial charge in [-0.15, -0.1) is 0 Å². The zero-order valence-electron chi connectivity index (χ0n) is 10.5. The maximum atomic E-state index is 5.69. The predicted molar refractivity (Wildman–Crippen MR) is 67.9 cm³/mol. The summed E-state index contributed by atoms with van der Waals surface area (Å²) < 4.78 is 7.81. The molecule has 1 saturated heterocycles. The van der Waals surface area contributed by atoms with Crippen molar-refractivity contribution in [1.29, 1.82) is 0 Å². The SMILES string of the molecule is c1cn(CCCNCCC2CCCCO2)cn1. The molecule has 1 N–H and O–H groups in total. The molecule has 1 unspecified atom stereocenters. The van der Waals surface area contributed by atoms with E-state index in [1.807, 2.05) is 18.7 Å². The van der Waals surface area contributed by atoms with Crippen LogP contribution in [-0.4, -0.2) is 35.4 Å². The fourth-order valence-corrected chi connectivity index (χ4v) is 2.23. The van der Waals surface area contributed by atoms with E-state index in [0.717, 1.165) is 39.1 Å². The van der Waals surface area contributed by atoms with Crippen molar-refractivity contribution in [2.24, 2.45) is 0 Å². The van der Waals surface area contributed by atoms with E-state index < -0.39 is 0 Å². The minimum Gasteiger partial charge on any atom is -0.378 e. The van der Waals surface area contributed by atoms with Crippen molar-refractivity contribution >= 4 is 0 Å². The van der Waals surface area contributed by atoms with Crippen LogP contribution in [0.25, 0.3) is 0 Å². The van der Waals surface area contributed by atoms with E-state index in [-0.39, 0.29) is 0 Å². The van der Waals surface area contributed by atoms with Gasteiger partial charge in [0.1, 0.15) is 0 Å². The second kappa shape index (κ2) is 7.45. The minimum atomic E-state index is 0.505. The number of ether oxygens (including phenoxy) is 1. The van der Waals surface area contributed by atoms with Crippen molar-refractivity contribution in [3.63, 3.8) is 0 Å². The van der Waals surface area contributed by atoms with Crippen molar-refractivity contribution in [2.45, 2.75) is 44.8 Å². The Hall–Kier alpha value is -0.870. The van der Waals surface area contributed by atoms with E-state index in [9.17, 15) is 0 Å². The van der Waals surface area contributed by atoms with Crippen LogP contribution >= 0.6 is 0 Å². The predicted octanol–water partition coefficient (Wildman–Crippen LogP) is 1.82. The summed E-state index contributed by atoms with van der Waals surface area (Å²) in [5.74, 6) is 0. The molecule has 96 valence electrons. The first-order valence-electron chi connectivity index (χ1n) is 6.73. The maximum Gasteiger partial charge on any atom is 0.0945 e. The first-order valence-corrected chi connectivity index (χ1v) is 6.73. The molecule has 1 aliphatic heterocycles. The van der Waals surface area contributed by atoms with Crippen LogP contribution in [0.15, 0.2) is 18.7 Å². The molecule has 0 saturated carbocycles. The topological polar surface area (TPSA) is 39.1 Å². The molecule has 17 heavy (non-hydrogen) atoms. The third kappa shape index (κ3) is 4.88. The van der Waals surface area contributed by atoms with E-state index in [1.165, 1.54) is 19.3 Å². The molecule has 1 atom stereocenters. The summed E-state index contributed by atoms with van der Waals surface area (Å²) in [6.45, 7) is 4.16. The number of nitrogens with zero attached hydrogens (tertiary/aromatic N) is 2. The summed E-state index contributed by atoms with van der Waals surface area (Å²) in [7, 11) is 0. The van der Waals surface area contributed by atoms with Gasteiger partial charge in [0, 0.05) is 25.5 Å². The highest BCUT2D eigenvalue weighted by molar-refractivity contribution is 4.73. The van der Waals surface area contributed by atoms with Crippen LogP contribution in [0.1, 0.15) is 32.1 Å². The summed E-state index contributed by atoms with van der Waals surface area (Å²) in [6, 6.07) is 0. The van der Waals surface area contributed by atoms with Crippen molar-refractivity contribution in [3.8, 4) is 0 Å². The number of hydrogen-bond acceptors (Lipinski definition) is 3. The van der Waals surface area contributed by atoms with Gasteiger partial charge in [-0.05, 0) is 45.2 Å². The molecule has 0 aromatic carbocycles. The molecular weight excluding hydrogens is 214 g/mol. The molecule has 1 aliphatic rings. The minimum absolute atomic E-state index is 0.505. The zero-order chi connectivity index (χ0) is 11.8. The highest BCUT2D eigenvalue weighted by Crippen LogP contribution is 2.14. The Morgan fingerprint density at radius 2 is 2.35 bits per heavy atom. The molecule has 1 aromatic rings. The van der Waals surface area contributed by atoms with E-state index in [2.05, 4.69) is 14.9 Å². The Kier molecular flexibility index (Phi) is 5.52. The number of nitrogens with one attached hydrogen (secondary N) is 1. The second-order valence-electron chi connectivity index (χ2n) is 4.68. The van der Waals surface area contributed by atoms with Crippen LogP contribution in [0.2, 0.25) is 0 Å². The van der Waals surface area contributed by atoms with Crippen LogP contribution in [0, 0.1) is 0 Å². The number of aryl methyl sites for hydroxylation is 1. The monoisotopic (exact) mass is 237 g/mol. The van der Waals surface area contributed by atoms with Crippen molar-refractivity contribution in [3.05, 3.63) is 18.7 Å². The average molecular weight is 237 g/mol. The summed E-state index contributed by atoms with van der Waals surface area (Å²) in [5.41, 5.74) is 0. The van der Waals surface area contributed by atoms with Crippen LogP contribution < -0.4 is 5.32 Å². The Labute approximate surface area is 103 Å². The van der Waals surface area contributed by atoms with E-state index in [1.54, 1.807) is 0 Å². The Balaban J connectivity index is 1.43. The van der Waals surface area contributed by atoms with Gasteiger partial charge in [-0.25, -0.2) is 4.98 Å². The van der Waals surface area contributed by atoms with E-state index in [0.29, 0.717) is 6.10 Å². The Morgan fingerprint density at radius 1 is 1.35 bits per heavy atom. The molecular formula is C13H23N3O. The molecule has 0 amide bonds. The largest absolute Gasteiger partial charge is 0.378 e. The van der Waals surface area contributed by atoms with Crippen molar-refractivity contribution < 1.29 is 4.74 Å². The highest BCUT2D eigenvalue weighted by atomic mass is 16.5. The van der Waals surface area contributed by atoms with E-state index in [4.69, 9.17) is 4.74 Å². The highest BCUT2D eigenvalue weighted by Gasteiger charge is 2.12. The molecule has 4 nitrogen and oxygen atoms in total. The number of aromatic nitrogens is 2. The standard InChI is InChI=1S/C13H23N3O/c1-2-11-17-13(4-1)5-7-14-6-3-9-16-10-8-15-12-16/h8,10,12-14H,1-7,9,11H2. The van der Waals surface area contributed by atoms with Crippen LogP contribution in [-0.2, 0) is 11.3 Å². The van der Waals surface area contributed by atoms with Gasteiger partial charge in [0.15, 0.2) is 0 Å². The van der Waals surface area contributed by atoms with Gasteiger partial charge in [0.25, 0.3) is 0 Å². The van der Waals surface area contributed by atoms with Crippen molar-refractivity contribution in [1.82, 2.24) is 14.9 Å². The molecule has 0 radical (unpaired) electrons. The van der Waals surface area contributed by atoms with Crippen LogP contribution in [0.3, 0.4) is 0 Å². The Morgan fingerprint density at radius 3 is 3.12 bits per heavy atom. The lowest BCUT2D eigenvalue weighted by Gasteiger charge is -2.22. The fraction of sp³-hybridized carbons (Fsp3) is 0.769. The van der Waals surface area contributed by atoms with Gasteiger partial charge in [-0.3, -0.25) is 0 Å². The molecule has 1 aromatic heterocycles. The molecule has 4 heteroatoms. The molecule has 1 fully saturated rings. The zero-order valence-corrected chi connectivity index (χ0v) is 10.5. The quantitative estimate of drug-likeness (QED) is 0.735. The maximum absolute atomic E-state index is 5.69. The molecule has 0 bridgehead atoms. The third-order valence-electron chi connectivity index (χ3n) is 3.25. The summed E-state index contributed by atoms with van der Waals surface area (Å²) in [5, 5.41) is 3.48. The van der Waals surface area contributed by atoms with Gasteiger partial charge in [0.05, 0.1) is 12.4 Å². The normalized spacial score (nSPS) is 20.6. The lowest BCUT2D eigenvalue weighted by Crippen LogP contribution is -2.26. The fourth-order valence-electron chi connectivity index (χ4n) is 2.23. The number of hydrogen-bond donors (Lipinski definition) is 1. The van der Waals surface area contributed by atoms with Gasteiger partial charge in [-0.1, -0.05) is 0 Å². The molecule has 0 aliphatic carbocycles. The van der Waals surface area contributed by atoms with Gasteiger partial charge < -0.3 is 14.6 Å². The third-order valence-corrected chi connectivity index (χ3v) is 3.25. The summed E-state index contributed by atoms with van der Waals surface area (Å²) in [6.07, 6.45) is 12.4. The van der Waals surface area contributed by atoms with Crippen LogP contribution in [0.5, 0.6) is 0 Å². The van der Waals surface area contributed by atoms with E-state index >= 15 is 0 Å². The number of imidazole rings is 1. The van der Waals surface area contributed by atoms with Gasteiger partial charge >= 0.3 is 0 Å². The molecule has 0 spiro atoms. The molecule has 2 heterocycles. The molecule has 2 rings (SSSR count). The second-order valence-corrected chi connectivity index (χ2v) is 4.68. The van der Waals surface area contributed by atoms with Crippen molar-refractivity contribution in [2.75, 3.05) is 19.7 Å². The summed E-state index contributed by atoms with van der Waals surface area (Å²) >= 11 is 0. The van der Waals surface area contributed by atoms with Gasteiger partial charge in [-0.2, -0.15) is 0 Å².